The van der Waals surface area contributed by atoms with Crippen LogP contribution in [0.2, 0.25) is 5.02 Å². The van der Waals surface area contributed by atoms with Gasteiger partial charge in [-0.1, -0.05) is 78.3 Å². The molecule has 1 amide bonds. The number of nitrogens with one attached hydrogen (secondary N) is 1. The van der Waals surface area contributed by atoms with Crippen LogP contribution in [-0.2, 0) is 11.2 Å². The SMILES string of the molecule is O=C(NC(Cc1ccc(-c2ccccc2)cc1)C(=O)O)c1cc(-c2ccc(F)c(Cl)c2)ccc1O. The number of phenols is 1. The van der Waals surface area contributed by atoms with Crippen LogP contribution in [0.5, 0.6) is 5.75 Å². The summed E-state index contributed by atoms with van der Waals surface area (Å²) in [6.07, 6.45) is 0.0597. The first-order valence-corrected chi connectivity index (χ1v) is 11.2. The molecule has 0 aliphatic rings. The lowest BCUT2D eigenvalue weighted by molar-refractivity contribution is -0.139. The molecule has 0 saturated carbocycles. The van der Waals surface area contributed by atoms with Crippen molar-refractivity contribution in [2.45, 2.75) is 12.5 Å². The second-order valence-electron chi connectivity index (χ2n) is 7.99. The van der Waals surface area contributed by atoms with Crippen LogP contribution in [0.3, 0.4) is 0 Å². The summed E-state index contributed by atoms with van der Waals surface area (Å²) in [5, 5.41) is 22.3. The highest BCUT2D eigenvalue weighted by Gasteiger charge is 2.23. The number of carbonyl (C=O) groups excluding carboxylic acids is 1. The summed E-state index contributed by atoms with van der Waals surface area (Å²) in [6, 6.07) is 24.4. The molecule has 4 aromatic carbocycles. The first-order valence-electron chi connectivity index (χ1n) is 10.8. The zero-order chi connectivity index (χ0) is 24.9. The van der Waals surface area contributed by atoms with E-state index in [1.54, 1.807) is 6.07 Å². The van der Waals surface area contributed by atoms with Gasteiger partial charge in [0.1, 0.15) is 17.6 Å². The van der Waals surface area contributed by atoms with Crippen LogP contribution in [0.15, 0.2) is 91.0 Å². The van der Waals surface area contributed by atoms with Gasteiger partial charge >= 0.3 is 5.97 Å². The van der Waals surface area contributed by atoms with Crippen molar-refractivity contribution in [1.29, 1.82) is 0 Å². The Morgan fingerprint density at radius 1 is 0.829 bits per heavy atom. The molecule has 4 rings (SSSR count). The summed E-state index contributed by atoms with van der Waals surface area (Å²) in [5.41, 5.74) is 3.72. The quantitative estimate of drug-likeness (QED) is 0.299. The molecule has 0 radical (unpaired) electrons. The Balaban J connectivity index is 1.52. The number of aromatic hydroxyl groups is 1. The molecule has 0 aliphatic carbocycles. The number of rotatable bonds is 7. The molecule has 1 atom stereocenters. The van der Waals surface area contributed by atoms with Gasteiger partial charge in [0, 0.05) is 6.42 Å². The molecule has 5 nitrogen and oxygen atoms in total. The van der Waals surface area contributed by atoms with E-state index in [4.69, 9.17) is 11.6 Å². The van der Waals surface area contributed by atoms with E-state index in [-0.39, 0.29) is 22.8 Å². The lowest BCUT2D eigenvalue weighted by atomic mass is 9.99. The number of aliphatic carboxylic acids is 1. The highest BCUT2D eigenvalue weighted by atomic mass is 35.5. The van der Waals surface area contributed by atoms with Gasteiger partial charge in [-0.3, -0.25) is 4.79 Å². The Morgan fingerprint density at radius 3 is 2.09 bits per heavy atom. The molecule has 3 N–H and O–H groups in total. The first-order chi connectivity index (χ1) is 16.8. The zero-order valence-electron chi connectivity index (χ0n) is 18.4. The third-order valence-corrected chi connectivity index (χ3v) is 5.89. The van der Waals surface area contributed by atoms with Gasteiger partial charge in [0.2, 0.25) is 0 Å². The number of carboxylic acids is 1. The third-order valence-electron chi connectivity index (χ3n) is 5.60. The Morgan fingerprint density at radius 2 is 1.43 bits per heavy atom. The van der Waals surface area contributed by atoms with Crippen LogP contribution >= 0.6 is 11.6 Å². The second-order valence-corrected chi connectivity index (χ2v) is 8.40. The number of hydrogen-bond donors (Lipinski definition) is 3. The Kier molecular flexibility index (Phi) is 7.13. The molecule has 0 aliphatic heterocycles. The van der Waals surface area contributed by atoms with Crippen molar-refractivity contribution in [1.82, 2.24) is 5.32 Å². The number of hydrogen-bond acceptors (Lipinski definition) is 3. The normalized spacial score (nSPS) is 11.6. The van der Waals surface area contributed by atoms with Gasteiger partial charge in [-0.25, -0.2) is 9.18 Å². The molecular formula is C28H21ClFNO4. The number of carbonyl (C=O) groups is 2. The molecule has 1 unspecified atom stereocenters. The van der Waals surface area contributed by atoms with Crippen molar-refractivity contribution in [3.63, 3.8) is 0 Å². The summed E-state index contributed by atoms with van der Waals surface area (Å²) < 4.78 is 13.5. The van der Waals surface area contributed by atoms with Gasteiger partial charge in [-0.2, -0.15) is 0 Å². The molecule has 0 fully saturated rings. The second kappa shape index (κ2) is 10.4. The van der Waals surface area contributed by atoms with Crippen molar-refractivity contribution in [2.24, 2.45) is 0 Å². The molecule has 0 spiro atoms. The molecule has 0 heterocycles. The van der Waals surface area contributed by atoms with Crippen LogP contribution in [0.1, 0.15) is 15.9 Å². The van der Waals surface area contributed by atoms with Crippen LogP contribution in [-0.4, -0.2) is 28.1 Å². The fourth-order valence-electron chi connectivity index (χ4n) is 3.71. The molecule has 176 valence electrons. The van der Waals surface area contributed by atoms with E-state index in [0.717, 1.165) is 16.7 Å². The van der Waals surface area contributed by atoms with Crippen LogP contribution in [0.25, 0.3) is 22.3 Å². The van der Waals surface area contributed by atoms with E-state index in [1.165, 1.54) is 30.3 Å². The molecule has 7 heteroatoms. The molecule has 0 aromatic heterocycles. The summed E-state index contributed by atoms with van der Waals surface area (Å²) in [7, 11) is 0. The third kappa shape index (κ3) is 5.67. The monoisotopic (exact) mass is 489 g/mol. The first kappa shape index (κ1) is 24.0. The Hall–Kier alpha value is -4.16. The van der Waals surface area contributed by atoms with E-state index >= 15 is 0 Å². The topological polar surface area (TPSA) is 86.6 Å². The number of carboxylic acid groups (broad SMARTS) is 1. The predicted molar refractivity (Wildman–Crippen MR) is 133 cm³/mol. The average molecular weight is 490 g/mol. The standard InChI is InChI=1S/C28H21ClFNO4/c29-23-16-21(10-12-24(23)30)20-11-13-26(32)22(15-20)27(33)31-25(28(34)35)14-17-6-8-19(9-7-17)18-4-2-1-3-5-18/h1-13,15-16,25,32H,14H2,(H,31,33)(H,34,35). The molecule has 0 bridgehead atoms. The van der Waals surface area contributed by atoms with Gasteiger partial charge in [0.25, 0.3) is 5.91 Å². The minimum atomic E-state index is -1.21. The number of phenolic OH excluding ortho intramolecular Hbond substituents is 1. The van der Waals surface area contributed by atoms with Crippen molar-refractivity contribution < 1.29 is 24.2 Å². The number of amides is 1. The molecule has 4 aromatic rings. The highest BCUT2D eigenvalue weighted by molar-refractivity contribution is 6.31. The predicted octanol–water partition coefficient (Wildman–Crippen LogP) is 5.94. The smallest absolute Gasteiger partial charge is 0.326 e. The van der Waals surface area contributed by atoms with Crippen molar-refractivity contribution in [2.75, 3.05) is 0 Å². The van der Waals surface area contributed by atoms with E-state index in [2.05, 4.69) is 5.32 Å². The summed E-state index contributed by atoms with van der Waals surface area (Å²) in [4.78, 5) is 24.8. The van der Waals surface area contributed by atoms with Crippen LogP contribution in [0, 0.1) is 5.82 Å². The van der Waals surface area contributed by atoms with E-state index in [1.807, 2.05) is 54.6 Å². The summed E-state index contributed by atoms with van der Waals surface area (Å²) >= 11 is 5.85. The molecule has 35 heavy (non-hydrogen) atoms. The van der Waals surface area contributed by atoms with Crippen LogP contribution in [0.4, 0.5) is 4.39 Å². The van der Waals surface area contributed by atoms with Crippen molar-refractivity contribution >= 4 is 23.5 Å². The fraction of sp³-hybridized carbons (Fsp3) is 0.0714. The number of benzene rings is 4. The maximum atomic E-state index is 13.5. The van der Waals surface area contributed by atoms with Gasteiger partial charge in [0.15, 0.2) is 0 Å². The van der Waals surface area contributed by atoms with Gasteiger partial charge < -0.3 is 15.5 Å². The van der Waals surface area contributed by atoms with Crippen molar-refractivity contribution in [3.05, 3.63) is 113 Å². The zero-order valence-corrected chi connectivity index (χ0v) is 19.2. The molecular weight excluding hydrogens is 469 g/mol. The maximum Gasteiger partial charge on any atom is 0.326 e. The summed E-state index contributed by atoms with van der Waals surface area (Å²) in [5.74, 6) is -2.83. The Labute approximate surface area is 206 Å². The largest absolute Gasteiger partial charge is 0.507 e. The maximum absolute atomic E-state index is 13.5. The summed E-state index contributed by atoms with van der Waals surface area (Å²) in [6.45, 7) is 0. The lowest BCUT2D eigenvalue weighted by Crippen LogP contribution is -2.42. The number of halogens is 2. The minimum absolute atomic E-state index is 0.0597. The van der Waals surface area contributed by atoms with Crippen molar-refractivity contribution in [3.8, 4) is 28.0 Å². The fourth-order valence-corrected chi connectivity index (χ4v) is 3.89. The average Bonchev–Trinajstić information content (AvgIpc) is 2.86. The minimum Gasteiger partial charge on any atom is -0.507 e. The Bertz CT molecular complexity index is 1370. The highest BCUT2D eigenvalue weighted by Crippen LogP contribution is 2.29. The molecule has 0 saturated heterocycles. The van der Waals surface area contributed by atoms with Crippen LogP contribution < -0.4 is 5.32 Å². The van der Waals surface area contributed by atoms with Gasteiger partial charge in [-0.05, 0) is 52.1 Å². The van der Waals surface area contributed by atoms with Gasteiger partial charge in [-0.15, -0.1) is 0 Å². The van der Waals surface area contributed by atoms with E-state index in [9.17, 15) is 24.2 Å². The van der Waals surface area contributed by atoms with E-state index in [0.29, 0.717) is 11.1 Å². The lowest BCUT2D eigenvalue weighted by Gasteiger charge is -2.16. The van der Waals surface area contributed by atoms with E-state index < -0.39 is 23.7 Å². The van der Waals surface area contributed by atoms with Gasteiger partial charge in [0.05, 0.1) is 10.6 Å².